The molecule has 1 fully saturated rings. The molecule has 2 rings (SSSR count). The van der Waals surface area contributed by atoms with Crippen molar-refractivity contribution in [3.63, 3.8) is 0 Å². The van der Waals surface area contributed by atoms with Crippen LogP contribution in [0.3, 0.4) is 0 Å². The molecule has 7 heteroatoms. The second kappa shape index (κ2) is 8.04. The highest BCUT2D eigenvalue weighted by molar-refractivity contribution is 8.00. The molecule has 1 aliphatic heterocycles. The Balaban J connectivity index is 0.00000264. The number of piperidine rings is 1. The van der Waals surface area contributed by atoms with Gasteiger partial charge >= 0.3 is 0 Å². The van der Waals surface area contributed by atoms with Gasteiger partial charge in [0.05, 0.1) is 11.3 Å². The number of amides is 2. The molecular weight excluding hydrogens is 334 g/mol. The molecule has 1 unspecified atom stereocenters. The first-order valence-electron chi connectivity index (χ1n) is 7.36. The van der Waals surface area contributed by atoms with Crippen LogP contribution in [0.5, 0.6) is 0 Å². The van der Waals surface area contributed by atoms with Crippen LogP contribution in [0.2, 0.25) is 0 Å². The second-order valence-electron chi connectivity index (χ2n) is 6.36. The van der Waals surface area contributed by atoms with Crippen molar-refractivity contribution in [2.24, 2.45) is 16.9 Å². The van der Waals surface area contributed by atoms with Gasteiger partial charge in [0, 0.05) is 24.0 Å². The standard InChI is InChI=1S/C16H23N3O2S.ClH/c1-16(2)10-19(8-7-13(16)17)15(21)11-5-3-4-6-12(11)22-9-14(18)20;/h3-6,13H,7-10,17H2,1-2H3,(H2,18,20);1H. The molecule has 4 N–H and O–H groups in total. The summed E-state index contributed by atoms with van der Waals surface area (Å²) in [6, 6.07) is 7.45. The van der Waals surface area contributed by atoms with Crippen molar-refractivity contribution >= 4 is 36.0 Å². The summed E-state index contributed by atoms with van der Waals surface area (Å²) in [5, 5.41) is 0. The number of hydrogen-bond donors (Lipinski definition) is 2. The van der Waals surface area contributed by atoms with Gasteiger partial charge in [-0.25, -0.2) is 0 Å². The van der Waals surface area contributed by atoms with Crippen molar-refractivity contribution in [1.29, 1.82) is 0 Å². The molecule has 1 aliphatic rings. The van der Waals surface area contributed by atoms with E-state index in [1.165, 1.54) is 11.8 Å². The lowest BCUT2D eigenvalue weighted by Gasteiger charge is -2.42. The summed E-state index contributed by atoms with van der Waals surface area (Å²) in [6.07, 6.45) is 0.801. The fraction of sp³-hybridized carbons (Fsp3) is 0.500. The molecule has 1 heterocycles. The molecular formula is C16H24ClN3O2S. The molecule has 0 spiro atoms. The molecule has 1 atom stereocenters. The van der Waals surface area contributed by atoms with Gasteiger partial charge in [0.2, 0.25) is 5.91 Å². The minimum Gasteiger partial charge on any atom is -0.369 e. The molecule has 0 aromatic heterocycles. The van der Waals surface area contributed by atoms with Gasteiger partial charge in [0.25, 0.3) is 5.91 Å². The van der Waals surface area contributed by atoms with Gasteiger partial charge in [-0.3, -0.25) is 9.59 Å². The Bertz CT molecular complexity index is 580. The van der Waals surface area contributed by atoms with Crippen LogP contribution in [-0.2, 0) is 4.79 Å². The highest BCUT2D eigenvalue weighted by Gasteiger charge is 2.35. The van der Waals surface area contributed by atoms with E-state index in [1.807, 2.05) is 23.1 Å². The number of carbonyl (C=O) groups is 2. The number of halogens is 1. The molecule has 1 saturated heterocycles. The zero-order chi connectivity index (χ0) is 16.3. The fourth-order valence-electron chi connectivity index (χ4n) is 2.64. The largest absolute Gasteiger partial charge is 0.369 e. The number of rotatable bonds is 4. The Morgan fingerprint density at radius 2 is 2.00 bits per heavy atom. The van der Waals surface area contributed by atoms with Crippen LogP contribution in [0.15, 0.2) is 29.2 Å². The summed E-state index contributed by atoms with van der Waals surface area (Å²) in [6.45, 7) is 5.48. The Morgan fingerprint density at radius 1 is 1.35 bits per heavy atom. The van der Waals surface area contributed by atoms with Crippen molar-refractivity contribution in [1.82, 2.24) is 4.90 Å². The van der Waals surface area contributed by atoms with E-state index < -0.39 is 5.91 Å². The van der Waals surface area contributed by atoms with Gasteiger partial charge in [-0.1, -0.05) is 26.0 Å². The zero-order valence-corrected chi connectivity index (χ0v) is 15.1. The average molecular weight is 358 g/mol. The van der Waals surface area contributed by atoms with Gasteiger partial charge < -0.3 is 16.4 Å². The number of likely N-dealkylation sites (tertiary alicyclic amines) is 1. The Morgan fingerprint density at radius 3 is 2.61 bits per heavy atom. The summed E-state index contributed by atoms with van der Waals surface area (Å²) in [7, 11) is 0. The van der Waals surface area contributed by atoms with E-state index in [0.29, 0.717) is 18.7 Å². The number of benzene rings is 1. The van der Waals surface area contributed by atoms with Crippen LogP contribution in [-0.4, -0.2) is 41.6 Å². The predicted molar refractivity (Wildman–Crippen MR) is 95.9 cm³/mol. The third-order valence-electron chi connectivity index (χ3n) is 4.09. The molecule has 128 valence electrons. The van der Waals surface area contributed by atoms with Crippen LogP contribution in [0.4, 0.5) is 0 Å². The van der Waals surface area contributed by atoms with Crippen molar-refractivity contribution in [3.05, 3.63) is 29.8 Å². The lowest BCUT2D eigenvalue weighted by atomic mass is 9.79. The van der Waals surface area contributed by atoms with Crippen LogP contribution in [0.25, 0.3) is 0 Å². The van der Waals surface area contributed by atoms with Gasteiger partial charge in [-0.2, -0.15) is 0 Å². The maximum absolute atomic E-state index is 12.8. The van der Waals surface area contributed by atoms with Crippen molar-refractivity contribution in [2.45, 2.75) is 31.2 Å². The van der Waals surface area contributed by atoms with E-state index in [4.69, 9.17) is 11.5 Å². The molecule has 5 nitrogen and oxygen atoms in total. The van der Waals surface area contributed by atoms with E-state index in [2.05, 4.69) is 13.8 Å². The van der Waals surface area contributed by atoms with E-state index >= 15 is 0 Å². The van der Waals surface area contributed by atoms with E-state index in [1.54, 1.807) is 6.07 Å². The molecule has 23 heavy (non-hydrogen) atoms. The van der Waals surface area contributed by atoms with E-state index in [9.17, 15) is 9.59 Å². The molecule has 0 bridgehead atoms. The van der Waals surface area contributed by atoms with Crippen LogP contribution in [0.1, 0.15) is 30.6 Å². The number of nitrogens with zero attached hydrogens (tertiary/aromatic N) is 1. The van der Waals surface area contributed by atoms with Gasteiger partial charge in [-0.15, -0.1) is 24.2 Å². The smallest absolute Gasteiger partial charge is 0.255 e. The van der Waals surface area contributed by atoms with Gasteiger partial charge in [-0.05, 0) is 24.0 Å². The molecule has 1 aromatic carbocycles. The van der Waals surface area contributed by atoms with Crippen LogP contribution >= 0.6 is 24.2 Å². The highest BCUT2D eigenvalue weighted by atomic mass is 35.5. The lowest BCUT2D eigenvalue weighted by molar-refractivity contribution is -0.115. The topological polar surface area (TPSA) is 89.4 Å². The zero-order valence-electron chi connectivity index (χ0n) is 13.5. The normalized spacial score (nSPS) is 19.8. The summed E-state index contributed by atoms with van der Waals surface area (Å²) >= 11 is 1.30. The van der Waals surface area contributed by atoms with Gasteiger partial charge in [0.1, 0.15) is 0 Å². The van der Waals surface area contributed by atoms with Gasteiger partial charge in [0.15, 0.2) is 0 Å². The molecule has 0 radical (unpaired) electrons. The summed E-state index contributed by atoms with van der Waals surface area (Å²) in [5.41, 5.74) is 11.9. The maximum Gasteiger partial charge on any atom is 0.255 e. The quantitative estimate of drug-likeness (QED) is 0.805. The first kappa shape index (κ1) is 19.8. The third kappa shape index (κ3) is 4.86. The highest BCUT2D eigenvalue weighted by Crippen LogP contribution is 2.30. The number of thioether (sulfide) groups is 1. The van der Waals surface area contributed by atoms with Crippen LogP contribution in [0, 0.1) is 5.41 Å². The Kier molecular flexibility index (Phi) is 6.92. The predicted octanol–water partition coefficient (Wildman–Crippen LogP) is 1.89. The van der Waals surface area contributed by atoms with Crippen molar-refractivity contribution < 1.29 is 9.59 Å². The van der Waals surface area contributed by atoms with Crippen LogP contribution < -0.4 is 11.5 Å². The number of carbonyl (C=O) groups excluding carboxylic acids is 2. The Labute approximate surface area is 147 Å². The molecule has 0 aliphatic carbocycles. The number of primary amides is 1. The minimum atomic E-state index is -0.391. The molecule has 1 aromatic rings. The summed E-state index contributed by atoms with van der Waals surface area (Å²) < 4.78 is 0. The second-order valence-corrected chi connectivity index (χ2v) is 7.38. The van der Waals surface area contributed by atoms with E-state index in [0.717, 1.165) is 11.3 Å². The average Bonchev–Trinajstić information content (AvgIpc) is 2.47. The molecule has 0 saturated carbocycles. The molecule has 2 amide bonds. The third-order valence-corrected chi connectivity index (χ3v) is 5.18. The number of hydrogen-bond acceptors (Lipinski definition) is 4. The summed E-state index contributed by atoms with van der Waals surface area (Å²) in [5.74, 6) is -0.231. The fourth-order valence-corrected chi connectivity index (χ4v) is 3.42. The first-order chi connectivity index (χ1) is 10.3. The minimum absolute atomic E-state index is 0. The lowest BCUT2D eigenvalue weighted by Crippen LogP contribution is -2.54. The Hall–Kier alpha value is -1.24. The summed E-state index contributed by atoms with van der Waals surface area (Å²) in [4.78, 5) is 26.4. The van der Waals surface area contributed by atoms with Crippen molar-refractivity contribution in [2.75, 3.05) is 18.8 Å². The maximum atomic E-state index is 12.8. The first-order valence-corrected chi connectivity index (χ1v) is 8.35. The monoisotopic (exact) mass is 357 g/mol. The SMILES string of the molecule is CC1(C)CN(C(=O)c2ccccc2SCC(N)=O)CCC1N.Cl. The van der Waals surface area contributed by atoms with E-state index in [-0.39, 0.29) is 35.5 Å². The van der Waals surface area contributed by atoms with Crippen molar-refractivity contribution in [3.8, 4) is 0 Å². The number of nitrogens with two attached hydrogens (primary N) is 2.